The van der Waals surface area contributed by atoms with E-state index < -0.39 is 24.0 Å². The van der Waals surface area contributed by atoms with E-state index in [2.05, 4.69) is 56.8 Å². The number of amides is 3. The smallest absolute Gasteiger partial charge is 0.328 e. The highest BCUT2D eigenvalue weighted by Gasteiger charge is 2.30. The number of aromatic nitrogens is 6. The molecule has 2 saturated heterocycles. The first-order valence-corrected chi connectivity index (χ1v) is 26.5. The summed E-state index contributed by atoms with van der Waals surface area (Å²) >= 11 is 0. The highest BCUT2D eigenvalue weighted by Crippen LogP contribution is 2.41. The lowest BCUT2D eigenvalue weighted by Gasteiger charge is -2.28. The number of hydrogen-bond acceptors (Lipinski definition) is 13. The average molecular weight is 1080 g/mol. The number of esters is 1. The number of rotatable bonds is 12. The van der Waals surface area contributed by atoms with E-state index in [1.807, 2.05) is 109 Å². The number of para-hydroxylation sites is 2. The molecule has 81 heavy (non-hydrogen) atoms. The van der Waals surface area contributed by atoms with Crippen molar-refractivity contribution in [2.45, 2.75) is 51.6 Å². The van der Waals surface area contributed by atoms with Crippen molar-refractivity contribution in [3.63, 3.8) is 0 Å². The molecule has 0 aliphatic carbocycles. The lowest BCUT2D eigenvalue weighted by Crippen LogP contribution is -2.37. The molecule has 0 radical (unpaired) electrons. The largest absolute Gasteiger partial charge is 0.467 e. The molecule has 2 unspecified atom stereocenters. The van der Waals surface area contributed by atoms with Gasteiger partial charge in [-0.15, -0.1) is 0 Å². The number of primary amides is 1. The Morgan fingerprint density at radius 3 is 1.30 bits per heavy atom. The van der Waals surface area contributed by atoms with Crippen molar-refractivity contribution in [3.05, 3.63) is 159 Å². The van der Waals surface area contributed by atoms with E-state index in [1.165, 1.54) is 31.9 Å². The Morgan fingerprint density at radius 2 is 0.938 bits per heavy atom. The van der Waals surface area contributed by atoms with Crippen LogP contribution in [0, 0.1) is 35.5 Å². The van der Waals surface area contributed by atoms with Crippen LogP contribution in [-0.2, 0) is 23.9 Å². The van der Waals surface area contributed by atoms with Crippen LogP contribution in [0.25, 0.3) is 44.3 Å². The van der Waals surface area contributed by atoms with E-state index in [9.17, 15) is 19.2 Å². The second kappa shape index (κ2) is 25.1. The van der Waals surface area contributed by atoms with Crippen LogP contribution in [0.15, 0.2) is 147 Å². The van der Waals surface area contributed by atoms with Gasteiger partial charge in [0.1, 0.15) is 82.1 Å². The van der Waals surface area contributed by atoms with Crippen molar-refractivity contribution >= 4 is 57.4 Å². The van der Waals surface area contributed by atoms with Gasteiger partial charge in [0.15, 0.2) is 0 Å². The number of nitrogen functional groups attached to an aromatic ring is 2. The Labute approximate surface area is 469 Å². The molecule has 4 aromatic heterocycles. The topological polar surface area (TPSA) is 242 Å². The predicted octanol–water partition coefficient (Wildman–Crippen LogP) is 9.28. The number of benzene rings is 4. The summed E-state index contributed by atoms with van der Waals surface area (Å²) in [6.45, 7) is 13.1. The number of fused-ring (bicyclic) bond motifs is 2. The van der Waals surface area contributed by atoms with Gasteiger partial charge in [0.2, 0.25) is 17.7 Å². The zero-order valence-electron chi connectivity index (χ0n) is 45.2. The molecule has 18 nitrogen and oxygen atoms in total. The number of likely N-dealkylation sites (tertiary alicyclic amines) is 2. The van der Waals surface area contributed by atoms with Crippen molar-refractivity contribution in [2.24, 2.45) is 17.6 Å². The third-order valence-electron chi connectivity index (χ3n) is 14.3. The second-order valence-electron chi connectivity index (χ2n) is 19.4. The molecular weight excluding hydrogens is 1020 g/mol. The first kappa shape index (κ1) is 55.6. The van der Waals surface area contributed by atoms with Crippen LogP contribution in [-0.4, -0.2) is 95.8 Å². The van der Waals surface area contributed by atoms with Gasteiger partial charge >= 0.3 is 5.97 Å². The van der Waals surface area contributed by atoms with Crippen LogP contribution in [0.1, 0.15) is 63.0 Å². The Bertz CT molecular complexity index is 3760. The molecule has 6 heterocycles. The Hall–Kier alpha value is -10.2. The molecule has 6 N–H and O–H groups in total. The molecule has 2 atom stereocenters. The van der Waals surface area contributed by atoms with Gasteiger partial charge in [-0.25, -0.2) is 24.7 Å². The summed E-state index contributed by atoms with van der Waals surface area (Å²) in [7, 11) is 1.35. The van der Waals surface area contributed by atoms with Gasteiger partial charge in [0, 0.05) is 49.1 Å². The fraction of sp³-hybridized carbons (Fsp3) is 0.238. The Morgan fingerprint density at radius 1 is 0.568 bits per heavy atom. The summed E-state index contributed by atoms with van der Waals surface area (Å²) in [5.74, 6) is 15.9. The first-order chi connectivity index (χ1) is 39.3. The van der Waals surface area contributed by atoms with E-state index in [-0.39, 0.29) is 35.3 Å². The highest BCUT2D eigenvalue weighted by atomic mass is 16.5. The Kier molecular flexibility index (Phi) is 17.2. The minimum Gasteiger partial charge on any atom is -0.467 e. The summed E-state index contributed by atoms with van der Waals surface area (Å²) in [6.07, 6.45) is 8.37. The molecule has 410 valence electrons. The number of carbonyl (C=O) groups excluding carboxylic acids is 4. The molecule has 18 heteroatoms. The van der Waals surface area contributed by atoms with Crippen molar-refractivity contribution in [3.8, 4) is 68.9 Å². The zero-order chi connectivity index (χ0) is 57.2. The molecule has 0 spiro atoms. The van der Waals surface area contributed by atoms with Crippen LogP contribution in [0.2, 0.25) is 0 Å². The van der Waals surface area contributed by atoms with Crippen molar-refractivity contribution < 1.29 is 33.4 Å². The summed E-state index contributed by atoms with van der Waals surface area (Å²) < 4.78 is 20.5. The van der Waals surface area contributed by atoms with Gasteiger partial charge in [-0.3, -0.25) is 14.4 Å². The van der Waals surface area contributed by atoms with Gasteiger partial charge in [-0.1, -0.05) is 85.7 Å². The highest BCUT2D eigenvalue weighted by molar-refractivity contribution is 6.05. The van der Waals surface area contributed by atoms with Gasteiger partial charge in [-0.05, 0) is 123 Å². The Balaban J connectivity index is 0.000000196. The van der Waals surface area contributed by atoms with E-state index in [0.717, 1.165) is 59.4 Å². The number of anilines is 2. The molecule has 0 saturated carbocycles. The predicted molar refractivity (Wildman–Crippen MR) is 311 cm³/mol. The maximum absolute atomic E-state index is 12.8. The molecule has 10 rings (SSSR count). The van der Waals surface area contributed by atoms with E-state index in [1.54, 1.807) is 32.8 Å². The molecule has 2 aliphatic heterocycles. The number of methoxy groups -OCH3 is 1. The quantitative estimate of drug-likeness (QED) is 0.0588. The minimum absolute atomic E-state index is 0.0699. The van der Waals surface area contributed by atoms with Crippen LogP contribution < -0.4 is 26.7 Å². The standard InChI is InChI=1S/C32H31N5O4.C31H30N6O3/c1-4-27(38)36-18-16-22(17-19-36)10-15-26-28(23-11-13-25(14-12-23)41-24-8-6-5-7-9-24)29-30(33)34-20-35-31(29)37(26)21(2)32(39)40-3;1-3-26(38)36-17-15-21(16-18-36)9-14-25-27(22-10-12-24(13-11-22)40-23-7-5-4-6-8-23)28-29(32)34-19-35-31(28)37(25)20(2)30(33)39/h4-9,11-14,20-22H,1,16-19H2,2-3H3,(H2,33,34,35);3-8,10-13,19-21H,1,15-18H2,2H3,(H2,33,39)(H2,32,34,35). The SMILES string of the molecule is C=CC(=O)N1CCC(C#Cc2c(-c3ccc(Oc4ccccc4)cc3)c3c(N)ncnc3n2C(C)C(=O)OC)CC1.C=CC(=O)N1CCC(C#Cc2c(-c3ccc(Oc4ccccc4)cc3)c3c(N)ncnc3n2C(C)C(N)=O)CC1. The molecule has 0 bridgehead atoms. The van der Waals surface area contributed by atoms with Crippen molar-refractivity contribution in [1.82, 2.24) is 38.9 Å². The lowest BCUT2D eigenvalue weighted by molar-refractivity contribution is -0.144. The number of nitrogens with zero attached hydrogens (tertiary/aromatic N) is 8. The van der Waals surface area contributed by atoms with Crippen molar-refractivity contribution in [2.75, 3.05) is 44.8 Å². The van der Waals surface area contributed by atoms with E-state index in [4.69, 9.17) is 31.4 Å². The van der Waals surface area contributed by atoms with Crippen LogP contribution in [0.5, 0.6) is 23.0 Å². The normalized spacial score (nSPS) is 14.2. The van der Waals surface area contributed by atoms with Crippen LogP contribution >= 0.6 is 0 Å². The molecule has 2 aliphatic rings. The van der Waals surface area contributed by atoms with E-state index >= 15 is 0 Å². The fourth-order valence-electron chi connectivity index (χ4n) is 9.99. The summed E-state index contributed by atoms with van der Waals surface area (Å²) in [5.41, 5.74) is 23.8. The van der Waals surface area contributed by atoms with Gasteiger partial charge in [0.25, 0.3) is 0 Å². The molecule has 2 fully saturated rings. The molecular formula is C63H61N11O7. The average Bonchev–Trinajstić information content (AvgIpc) is 3.49. The molecule has 8 aromatic rings. The second-order valence-corrected chi connectivity index (χ2v) is 19.4. The van der Waals surface area contributed by atoms with Crippen LogP contribution in [0.4, 0.5) is 11.6 Å². The van der Waals surface area contributed by atoms with Gasteiger partial charge in [0.05, 0.1) is 17.9 Å². The summed E-state index contributed by atoms with van der Waals surface area (Å²) in [6, 6.07) is 32.8. The number of piperidine rings is 2. The first-order valence-electron chi connectivity index (χ1n) is 26.5. The number of carbonyl (C=O) groups is 4. The van der Waals surface area contributed by atoms with Gasteiger partial charge in [-0.2, -0.15) is 0 Å². The minimum atomic E-state index is -0.734. The zero-order valence-corrected chi connectivity index (χ0v) is 45.2. The fourth-order valence-corrected chi connectivity index (χ4v) is 9.99. The maximum atomic E-state index is 12.8. The monoisotopic (exact) mass is 1080 g/mol. The summed E-state index contributed by atoms with van der Waals surface area (Å²) in [4.78, 5) is 70.2. The number of ether oxygens (including phenoxy) is 3. The number of hydrogen-bond donors (Lipinski definition) is 3. The van der Waals surface area contributed by atoms with Gasteiger partial charge < -0.3 is 50.3 Å². The number of nitrogens with two attached hydrogens (primary N) is 3. The third kappa shape index (κ3) is 12.3. The summed E-state index contributed by atoms with van der Waals surface area (Å²) in [5, 5.41) is 1.21. The van der Waals surface area contributed by atoms with Crippen molar-refractivity contribution in [1.29, 1.82) is 0 Å². The molecule has 3 amide bonds. The molecule has 4 aromatic carbocycles. The third-order valence-corrected chi connectivity index (χ3v) is 14.3. The lowest BCUT2D eigenvalue weighted by atomic mass is 9.96. The maximum Gasteiger partial charge on any atom is 0.328 e. The van der Waals surface area contributed by atoms with Crippen LogP contribution in [0.3, 0.4) is 0 Å². The van der Waals surface area contributed by atoms with E-state index in [0.29, 0.717) is 71.1 Å².